The number of carbonyl (C=O) groups excluding carboxylic acids is 1. The van der Waals surface area contributed by atoms with Crippen LogP contribution in [0.4, 0.5) is 0 Å². The van der Waals surface area contributed by atoms with Crippen LogP contribution in [0.15, 0.2) is 22.1 Å². The third-order valence-electron chi connectivity index (χ3n) is 2.51. The quantitative estimate of drug-likeness (QED) is 0.880. The first-order chi connectivity index (χ1) is 9.19. The number of nitrogens with zero attached hydrogens (tertiary/aromatic N) is 1. The van der Waals surface area contributed by atoms with Crippen LogP contribution >= 0.6 is 11.3 Å². The highest BCUT2D eigenvalue weighted by molar-refractivity contribution is 7.12. The van der Waals surface area contributed by atoms with Gasteiger partial charge in [0.25, 0.3) is 5.91 Å². The third kappa shape index (κ3) is 3.90. The molecule has 0 saturated heterocycles. The van der Waals surface area contributed by atoms with E-state index < -0.39 is 0 Å². The lowest BCUT2D eigenvalue weighted by molar-refractivity contribution is 0.0957. The van der Waals surface area contributed by atoms with Crippen LogP contribution in [0.25, 0.3) is 0 Å². The lowest BCUT2D eigenvalue weighted by Crippen LogP contribution is -2.24. The highest BCUT2D eigenvalue weighted by Crippen LogP contribution is 2.15. The molecular weight excluding hydrogens is 264 g/mol. The number of amides is 1. The molecule has 2 heterocycles. The summed E-state index contributed by atoms with van der Waals surface area (Å²) in [6.45, 7) is 2.86. The number of aromatic nitrogens is 1. The van der Waals surface area contributed by atoms with Crippen LogP contribution in [0.5, 0.6) is 0 Å². The molecular formula is C13H16N2O3S. The number of aryl methyl sites for hydroxylation is 1. The van der Waals surface area contributed by atoms with Crippen molar-refractivity contribution in [3.05, 3.63) is 39.7 Å². The molecule has 2 aromatic heterocycles. The number of thiophene rings is 1. The van der Waals surface area contributed by atoms with Gasteiger partial charge in [0, 0.05) is 27.0 Å². The molecule has 0 radical (unpaired) electrons. The number of methoxy groups -OCH3 is 1. The molecule has 0 aliphatic carbocycles. The molecule has 0 atom stereocenters. The van der Waals surface area contributed by atoms with Crippen LogP contribution < -0.4 is 5.32 Å². The second-order valence-corrected chi connectivity index (χ2v) is 5.01. The summed E-state index contributed by atoms with van der Waals surface area (Å²) in [7, 11) is 1.64. The monoisotopic (exact) mass is 280 g/mol. The van der Waals surface area contributed by atoms with E-state index >= 15 is 0 Å². The van der Waals surface area contributed by atoms with Crippen LogP contribution in [0.3, 0.4) is 0 Å². The molecule has 1 amide bonds. The van der Waals surface area contributed by atoms with Gasteiger partial charge in [-0.15, -0.1) is 11.3 Å². The van der Waals surface area contributed by atoms with Crippen molar-refractivity contribution >= 4 is 17.2 Å². The number of nitrogens with one attached hydrogen (secondary N) is 1. The summed E-state index contributed by atoms with van der Waals surface area (Å²) >= 11 is 1.42. The average molecular weight is 280 g/mol. The topological polar surface area (TPSA) is 64.4 Å². The maximum absolute atomic E-state index is 11.9. The lowest BCUT2D eigenvalue weighted by atomic mass is 10.3. The molecule has 0 unspecified atom stereocenters. The van der Waals surface area contributed by atoms with Gasteiger partial charge in [0.2, 0.25) is 0 Å². The van der Waals surface area contributed by atoms with Gasteiger partial charge in [-0.3, -0.25) is 4.79 Å². The van der Waals surface area contributed by atoms with Gasteiger partial charge in [0.15, 0.2) is 5.89 Å². The second kappa shape index (κ2) is 6.49. The molecule has 0 spiro atoms. The third-order valence-corrected chi connectivity index (χ3v) is 3.49. The first-order valence-corrected chi connectivity index (χ1v) is 6.83. The lowest BCUT2D eigenvalue weighted by Gasteiger charge is -2.01. The van der Waals surface area contributed by atoms with E-state index in [0.29, 0.717) is 30.3 Å². The number of oxazole rings is 1. The minimum absolute atomic E-state index is 0.0661. The smallest absolute Gasteiger partial charge is 0.261 e. The number of carbonyl (C=O) groups is 1. The molecule has 6 heteroatoms. The van der Waals surface area contributed by atoms with Crippen molar-refractivity contribution in [1.82, 2.24) is 10.3 Å². The molecule has 1 N–H and O–H groups in total. The zero-order valence-electron chi connectivity index (χ0n) is 10.9. The van der Waals surface area contributed by atoms with E-state index in [-0.39, 0.29) is 5.91 Å². The Balaban J connectivity index is 1.80. The molecule has 2 aromatic rings. The highest BCUT2D eigenvalue weighted by atomic mass is 32.1. The summed E-state index contributed by atoms with van der Waals surface area (Å²) in [5.74, 6) is 1.36. The van der Waals surface area contributed by atoms with Crippen LogP contribution in [0.2, 0.25) is 0 Å². The van der Waals surface area contributed by atoms with Crippen LogP contribution in [0, 0.1) is 6.92 Å². The zero-order valence-corrected chi connectivity index (χ0v) is 11.8. The van der Waals surface area contributed by atoms with Crippen molar-refractivity contribution < 1.29 is 13.9 Å². The Hall–Kier alpha value is -1.66. The van der Waals surface area contributed by atoms with E-state index in [9.17, 15) is 4.79 Å². The van der Waals surface area contributed by atoms with E-state index in [1.165, 1.54) is 11.3 Å². The van der Waals surface area contributed by atoms with Crippen molar-refractivity contribution in [2.45, 2.75) is 20.0 Å². The van der Waals surface area contributed by atoms with Gasteiger partial charge < -0.3 is 14.5 Å². The highest BCUT2D eigenvalue weighted by Gasteiger charge is 2.09. The number of ether oxygens (including phenoxy) is 1. The summed E-state index contributed by atoms with van der Waals surface area (Å²) in [5.41, 5.74) is 1.02. The normalized spacial score (nSPS) is 10.6. The Morgan fingerprint density at radius 3 is 3.11 bits per heavy atom. The van der Waals surface area contributed by atoms with E-state index in [1.54, 1.807) is 20.2 Å². The minimum atomic E-state index is -0.0661. The predicted octanol–water partition coefficient (Wildman–Crippen LogP) is 2.16. The van der Waals surface area contributed by atoms with Crippen molar-refractivity contribution in [3.8, 4) is 0 Å². The zero-order chi connectivity index (χ0) is 13.7. The van der Waals surface area contributed by atoms with Gasteiger partial charge in [-0.2, -0.15) is 0 Å². The molecule has 0 aliphatic heterocycles. The maximum atomic E-state index is 11.9. The van der Waals surface area contributed by atoms with Gasteiger partial charge >= 0.3 is 0 Å². The fourth-order valence-corrected chi connectivity index (χ4v) is 2.46. The van der Waals surface area contributed by atoms with E-state index in [0.717, 1.165) is 11.3 Å². The molecule has 0 fully saturated rings. The van der Waals surface area contributed by atoms with Crippen LogP contribution in [-0.4, -0.2) is 24.5 Å². The summed E-state index contributed by atoms with van der Waals surface area (Å²) in [5, 5.41) is 4.78. The average Bonchev–Trinajstić information content (AvgIpc) is 2.99. The Morgan fingerprint density at radius 1 is 1.58 bits per heavy atom. The largest absolute Gasteiger partial charge is 0.446 e. The van der Waals surface area contributed by atoms with Crippen molar-refractivity contribution in [2.24, 2.45) is 0 Å². The van der Waals surface area contributed by atoms with Crippen molar-refractivity contribution in [2.75, 3.05) is 13.7 Å². The van der Waals surface area contributed by atoms with E-state index in [2.05, 4.69) is 10.3 Å². The van der Waals surface area contributed by atoms with Crippen molar-refractivity contribution in [1.29, 1.82) is 0 Å². The summed E-state index contributed by atoms with van der Waals surface area (Å²) < 4.78 is 10.3. The standard InChI is InChI=1S/C13H16N2O3S/c1-9-15-6-11(18-9)3-4-14-13(16)12-5-10(7-17-2)8-19-12/h5-6,8H,3-4,7H2,1-2H3,(H,14,16). The fourth-order valence-electron chi connectivity index (χ4n) is 1.64. The van der Waals surface area contributed by atoms with Gasteiger partial charge in [0.05, 0.1) is 17.7 Å². The minimum Gasteiger partial charge on any atom is -0.446 e. The molecule has 5 nitrogen and oxygen atoms in total. The molecule has 0 saturated carbocycles. The fraction of sp³-hybridized carbons (Fsp3) is 0.385. The van der Waals surface area contributed by atoms with Gasteiger partial charge in [-0.25, -0.2) is 4.98 Å². The SMILES string of the molecule is COCc1csc(C(=O)NCCc2cnc(C)o2)c1. The van der Waals surface area contributed by atoms with E-state index in [4.69, 9.17) is 9.15 Å². The Kier molecular flexibility index (Phi) is 4.70. The number of hydrogen-bond donors (Lipinski definition) is 1. The molecule has 2 rings (SSSR count). The van der Waals surface area contributed by atoms with Gasteiger partial charge in [-0.1, -0.05) is 0 Å². The Bertz CT molecular complexity index is 548. The predicted molar refractivity (Wildman–Crippen MR) is 72.3 cm³/mol. The summed E-state index contributed by atoms with van der Waals surface area (Å²) in [4.78, 5) is 16.6. The van der Waals surface area contributed by atoms with E-state index in [1.807, 2.05) is 11.4 Å². The number of hydrogen-bond acceptors (Lipinski definition) is 5. The first-order valence-electron chi connectivity index (χ1n) is 5.95. The first kappa shape index (κ1) is 13.8. The molecule has 19 heavy (non-hydrogen) atoms. The molecule has 0 aromatic carbocycles. The summed E-state index contributed by atoms with van der Waals surface area (Å²) in [6, 6.07) is 1.85. The van der Waals surface area contributed by atoms with Crippen LogP contribution in [-0.2, 0) is 17.8 Å². The van der Waals surface area contributed by atoms with Gasteiger partial charge in [0.1, 0.15) is 5.76 Å². The maximum Gasteiger partial charge on any atom is 0.261 e. The molecule has 0 bridgehead atoms. The van der Waals surface area contributed by atoms with Crippen LogP contribution in [0.1, 0.15) is 26.9 Å². The number of rotatable bonds is 6. The molecule has 0 aliphatic rings. The molecule has 102 valence electrons. The summed E-state index contributed by atoms with van der Waals surface area (Å²) in [6.07, 6.45) is 2.33. The van der Waals surface area contributed by atoms with Gasteiger partial charge in [-0.05, 0) is 17.0 Å². The Morgan fingerprint density at radius 2 is 2.42 bits per heavy atom. The second-order valence-electron chi connectivity index (χ2n) is 4.10. The van der Waals surface area contributed by atoms with Crippen molar-refractivity contribution in [3.63, 3.8) is 0 Å². The Labute approximate surface area is 115 Å².